The van der Waals surface area contributed by atoms with Crippen molar-refractivity contribution >= 4 is 17.0 Å². The molecule has 1 aromatic carbocycles. The third-order valence-corrected chi connectivity index (χ3v) is 6.70. The lowest BCUT2D eigenvalue weighted by Gasteiger charge is -2.58. The van der Waals surface area contributed by atoms with E-state index >= 15 is 0 Å². The van der Waals surface area contributed by atoms with Gasteiger partial charge in [-0.05, 0) is 68.5 Å². The summed E-state index contributed by atoms with van der Waals surface area (Å²) >= 11 is 0. The maximum atomic E-state index is 5.76. The zero-order valence-corrected chi connectivity index (χ0v) is 13.6. The van der Waals surface area contributed by atoms with Gasteiger partial charge in [0, 0.05) is 11.5 Å². The highest BCUT2D eigenvalue weighted by Gasteiger charge is 2.53. The largest absolute Gasteiger partial charge is 0.366 e. The molecular weight excluding hydrogens is 286 g/mol. The highest BCUT2D eigenvalue weighted by atomic mass is 15.2. The zero-order valence-electron chi connectivity index (χ0n) is 13.6. The van der Waals surface area contributed by atoms with Crippen molar-refractivity contribution in [3.63, 3.8) is 0 Å². The summed E-state index contributed by atoms with van der Waals surface area (Å²) in [6.07, 6.45) is 7.85. The topological polar surface area (TPSA) is 67.9 Å². The van der Waals surface area contributed by atoms with Gasteiger partial charge in [0.25, 0.3) is 0 Å². The fourth-order valence-electron chi connectivity index (χ4n) is 5.65. The van der Waals surface area contributed by atoms with E-state index in [-0.39, 0.29) is 5.95 Å². The predicted molar refractivity (Wildman–Crippen MR) is 90.1 cm³/mol. The maximum absolute atomic E-state index is 5.76. The van der Waals surface area contributed by atoms with Gasteiger partial charge in [-0.25, -0.2) is 4.98 Å². The number of piperidine rings is 1. The lowest BCUT2D eigenvalue weighted by molar-refractivity contribution is 0.00297. The average Bonchev–Trinajstić information content (AvgIpc) is 2.57. The third kappa shape index (κ3) is 1.80. The van der Waals surface area contributed by atoms with Gasteiger partial charge in [0.05, 0.1) is 5.52 Å². The van der Waals surface area contributed by atoms with Crippen LogP contribution in [0.25, 0.3) is 11.0 Å². The van der Waals surface area contributed by atoms with Gasteiger partial charge >= 0.3 is 0 Å². The second-order valence-electron chi connectivity index (χ2n) is 7.68. The molecule has 3 aliphatic rings. The van der Waals surface area contributed by atoms with Crippen LogP contribution in [0.5, 0.6) is 0 Å². The van der Waals surface area contributed by atoms with E-state index in [2.05, 4.69) is 39.3 Å². The van der Waals surface area contributed by atoms with Gasteiger partial charge in [0.1, 0.15) is 5.52 Å². The highest BCUT2D eigenvalue weighted by Crippen LogP contribution is 2.55. The smallest absolute Gasteiger partial charge is 0.240 e. The number of likely N-dealkylation sites (tertiary alicyclic amines) is 1. The number of nitrogen functional groups attached to an aromatic ring is 1. The molecule has 0 radical (unpaired) electrons. The lowest BCUT2D eigenvalue weighted by Crippen LogP contribution is -2.59. The van der Waals surface area contributed by atoms with E-state index in [1.165, 1.54) is 44.2 Å². The van der Waals surface area contributed by atoms with E-state index in [1.807, 2.05) is 0 Å². The van der Waals surface area contributed by atoms with Gasteiger partial charge in [-0.1, -0.05) is 12.8 Å². The number of rotatable bonds is 0. The third-order valence-electron chi connectivity index (χ3n) is 6.70. The number of anilines is 1. The molecule has 3 atom stereocenters. The molecule has 5 rings (SSSR count). The number of fused-ring (bicyclic) bond motifs is 2. The molecule has 2 bridgehead atoms. The molecule has 0 spiro atoms. The predicted octanol–water partition coefficient (Wildman–Crippen LogP) is 2.30. The first-order valence-corrected chi connectivity index (χ1v) is 8.81. The number of hydrogen-bond donors (Lipinski definition) is 1. The van der Waals surface area contributed by atoms with E-state index in [1.54, 1.807) is 5.56 Å². The molecule has 1 aliphatic heterocycles. The molecule has 2 fully saturated rings. The SMILES string of the molecule is CN1CC[C@]23CCCCC2[C@H]1Cc1cc2nnc(N)nc2cc13. The van der Waals surface area contributed by atoms with Crippen LogP contribution >= 0.6 is 0 Å². The van der Waals surface area contributed by atoms with Gasteiger partial charge in [-0.15, -0.1) is 10.2 Å². The van der Waals surface area contributed by atoms with Crippen molar-refractivity contribution in [2.75, 3.05) is 19.3 Å². The number of nitrogens with two attached hydrogens (primary N) is 1. The number of aromatic nitrogens is 3. The Morgan fingerprint density at radius 3 is 3.00 bits per heavy atom. The molecule has 0 amide bonds. The Kier molecular flexibility index (Phi) is 2.75. The minimum Gasteiger partial charge on any atom is -0.366 e. The van der Waals surface area contributed by atoms with Crippen LogP contribution in [0.1, 0.15) is 43.2 Å². The van der Waals surface area contributed by atoms with E-state index in [9.17, 15) is 0 Å². The molecule has 2 N–H and O–H groups in total. The summed E-state index contributed by atoms with van der Waals surface area (Å²) in [5.74, 6) is 1.07. The van der Waals surface area contributed by atoms with Crippen LogP contribution in [0.4, 0.5) is 5.95 Å². The molecule has 1 saturated heterocycles. The number of benzene rings is 1. The molecule has 1 saturated carbocycles. The second-order valence-corrected chi connectivity index (χ2v) is 7.68. The monoisotopic (exact) mass is 309 g/mol. The summed E-state index contributed by atoms with van der Waals surface area (Å²) in [4.78, 5) is 7.02. The first-order valence-electron chi connectivity index (χ1n) is 8.81. The Bertz CT molecular complexity index is 788. The van der Waals surface area contributed by atoms with Crippen LogP contribution in [0.15, 0.2) is 12.1 Å². The van der Waals surface area contributed by atoms with Crippen LogP contribution < -0.4 is 5.73 Å². The molecule has 120 valence electrons. The van der Waals surface area contributed by atoms with Gasteiger partial charge in [-0.3, -0.25) is 0 Å². The molecule has 23 heavy (non-hydrogen) atoms. The van der Waals surface area contributed by atoms with Crippen LogP contribution in [0.3, 0.4) is 0 Å². The normalized spacial score (nSPS) is 33.3. The summed E-state index contributed by atoms with van der Waals surface area (Å²) in [6.45, 7) is 1.21. The number of likely N-dealkylation sites (N-methyl/N-ethyl adjacent to an activating group) is 1. The number of nitrogens with zero attached hydrogens (tertiary/aromatic N) is 4. The summed E-state index contributed by atoms with van der Waals surface area (Å²) in [7, 11) is 2.30. The van der Waals surface area contributed by atoms with Crippen molar-refractivity contribution in [1.29, 1.82) is 0 Å². The molecule has 2 aliphatic carbocycles. The first kappa shape index (κ1) is 13.7. The molecule has 2 aromatic rings. The molecule has 5 nitrogen and oxygen atoms in total. The van der Waals surface area contributed by atoms with Crippen molar-refractivity contribution in [3.8, 4) is 0 Å². The van der Waals surface area contributed by atoms with Crippen molar-refractivity contribution in [2.45, 2.75) is 50.0 Å². The minimum atomic E-state index is 0.271. The van der Waals surface area contributed by atoms with Crippen LogP contribution in [0.2, 0.25) is 0 Å². The Labute approximate surface area is 136 Å². The minimum absolute atomic E-state index is 0.271. The van der Waals surface area contributed by atoms with Crippen molar-refractivity contribution in [2.24, 2.45) is 5.92 Å². The highest BCUT2D eigenvalue weighted by molar-refractivity contribution is 5.77. The molecule has 1 unspecified atom stereocenters. The average molecular weight is 309 g/mol. The van der Waals surface area contributed by atoms with Gasteiger partial charge in [0.15, 0.2) is 0 Å². The fourth-order valence-corrected chi connectivity index (χ4v) is 5.65. The van der Waals surface area contributed by atoms with E-state index in [4.69, 9.17) is 5.73 Å². The Balaban J connectivity index is 1.76. The first-order chi connectivity index (χ1) is 11.2. The van der Waals surface area contributed by atoms with E-state index in [0.717, 1.165) is 23.4 Å². The molecular formula is C18H23N5. The molecule has 2 heterocycles. The van der Waals surface area contributed by atoms with Crippen LogP contribution in [-0.2, 0) is 11.8 Å². The van der Waals surface area contributed by atoms with Gasteiger partial charge < -0.3 is 10.6 Å². The molecule has 1 aromatic heterocycles. The summed E-state index contributed by atoms with van der Waals surface area (Å²) in [5.41, 5.74) is 10.9. The Morgan fingerprint density at radius 1 is 1.17 bits per heavy atom. The molecule has 5 heteroatoms. The quantitative estimate of drug-likeness (QED) is 0.808. The van der Waals surface area contributed by atoms with Crippen molar-refractivity contribution < 1.29 is 0 Å². The number of hydrogen-bond acceptors (Lipinski definition) is 5. The van der Waals surface area contributed by atoms with Crippen molar-refractivity contribution in [3.05, 3.63) is 23.3 Å². The summed E-state index contributed by atoms with van der Waals surface area (Å²) in [6, 6.07) is 5.20. The van der Waals surface area contributed by atoms with Gasteiger partial charge in [0.2, 0.25) is 5.95 Å². The standard InChI is InChI=1S/C18H23N5/c1-23-7-6-18-5-3-2-4-12(18)16(23)9-11-8-15-14(10-13(11)18)20-17(19)22-21-15/h8,10,12,16H,2-7,9H2,1H3,(H2,19,20,22)/t12?,16-,18-/m1/s1. The summed E-state index contributed by atoms with van der Waals surface area (Å²) in [5, 5.41) is 8.18. The Hall–Kier alpha value is -1.75. The lowest BCUT2D eigenvalue weighted by atomic mass is 9.52. The van der Waals surface area contributed by atoms with E-state index < -0.39 is 0 Å². The Morgan fingerprint density at radius 2 is 2.09 bits per heavy atom. The fraction of sp³-hybridized carbons (Fsp3) is 0.611. The summed E-state index contributed by atoms with van der Waals surface area (Å²) < 4.78 is 0. The zero-order chi connectivity index (χ0) is 15.6. The van der Waals surface area contributed by atoms with Crippen molar-refractivity contribution in [1.82, 2.24) is 20.1 Å². The van der Waals surface area contributed by atoms with Gasteiger partial charge in [-0.2, -0.15) is 0 Å². The maximum Gasteiger partial charge on any atom is 0.240 e. The second kappa shape index (κ2) is 4.63. The van der Waals surface area contributed by atoms with E-state index in [0.29, 0.717) is 11.5 Å². The van der Waals surface area contributed by atoms with Crippen LogP contribution in [-0.4, -0.2) is 39.7 Å². The van der Waals surface area contributed by atoms with Crippen LogP contribution in [0, 0.1) is 5.92 Å².